The van der Waals surface area contributed by atoms with Crippen LogP contribution in [0.2, 0.25) is 5.02 Å². The number of ether oxygens (including phenoxy) is 1. The van der Waals surface area contributed by atoms with E-state index in [0.717, 1.165) is 32.2 Å². The maximum absolute atomic E-state index is 5.90. The van der Waals surface area contributed by atoms with Gasteiger partial charge in [-0.1, -0.05) is 23.7 Å². The zero-order chi connectivity index (χ0) is 16.9. The van der Waals surface area contributed by atoms with Crippen molar-refractivity contribution >= 4 is 50.2 Å². The summed E-state index contributed by atoms with van der Waals surface area (Å²) in [6.45, 7) is 0. The molecule has 0 atom stereocenters. The summed E-state index contributed by atoms with van der Waals surface area (Å²) in [7, 11) is 1.64. The Morgan fingerprint density at radius 2 is 2.04 bits per heavy atom. The van der Waals surface area contributed by atoms with Crippen molar-refractivity contribution in [2.75, 3.05) is 12.5 Å². The first-order valence-electron chi connectivity index (χ1n) is 7.00. The average Bonchev–Trinajstić information content (AvgIpc) is 3.04. The minimum Gasteiger partial charge on any atom is -0.496 e. The number of nitrogens with one attached hydrogen (secondary N) is 1. The average molecular weight is 423 g/mol. The molecular formula is C17H13BrClN3OS. The Bertz CT molecular complexity index is 865. The number of aromatic nitrogens is 1. The standard InChI is InChI=1S/C17H13BrClN3OS/c1-23-16-7-2-11(8-14(16)18)9-20-22-17-21-15(10-24-17)12-3-5-13(19)6-4-12/h2-10H,1H3,(H,21,22)/b20-9-. The van der Waals surface area contributed by atoms with Crippen molar-refractivity contribution in [2.45, 2.75) is 0 Å². The largest absolute Gasteiger partial charge is 0.496 e. The second-order valence-corrected chi connectivity index (χ2v) is 6.96. The molecule has 1 heterocycles. The molecule has 2 aromatic carbocycles. The number of hydrogen-bond acceptors (Lipinski definition) is 5. The molecule has 3 rings (SSSR count). The highest BCUT2D eigenvalue weighted by atomic mass is 79.9. The Hall–Kier alpha value is -1.89. The fourth-order valence-electron chi connectivity index (χ4n) is 2.00. The van der Waals surface area contributed by atoms with Gasteiger partial charge in [-0.05, 0) is 51.8 Å². The lowest BCUT2D eigenvalue weighted by molar-refractivity contribution is 0.412. The number of methoxy groups -OCH3 is 1. The minimum absolute atomic E-state index is 0.711. The third-order valence-electron chi connectivity index (χ3n) is 3.19. The molecule has 1 N–H and O–H groups in total. The van der Waals surface area contributed by atoms with E-state index in [1.54, 1.807) is 13.3 Å². The van der Waals surface area contributed by atoms with Crippen LogP contribution in [-0.4, -0.2) is 18.3 Å². The summed E-state index contributed by atoms with van der Waals surface area (Å²) in [5.74, 6) is 0.785. The maximum atomic E-state index is 5.90. The Kier molecular flexibility index (Phi) is 5.50. The summed E-state index contributed by atoms with van der Waals surface area (Å²) in [6, 6.07) is 13.3. The summed E-state index contributed by atoms with van der Waals surface area (Å²) >= 11 is 10.8. The van der Waals surface area contributed by atoms with E-state index in [4.69, 9.17) is 16.3 Å². The highest BCUT2D eigenvalue weighted by Crippen LogP contribution is 2.26. The molecule has 0 aliphatic rings. The van der Waals surface area contributed by atoms with E-state index >= 15 is 0 Å². The summed E-state index contributed by atoms with van der Waals surface area (Å²) in [5, 5.41) is 7.63. The van der Waals surface area contributed by atoms with Gasteiger partial charge in [0.15, 0.2) is 0 Å². The van der Waals surface area contributed by atoms with Crippen LogP contribution in [0.15, 0.2) is 57.4 Å². The first-order chi connectivity index (χ1) is 11.7. The SMILES string of the molecule is COc1ccc(/C=N\Nc2nc(-c3ccc(Cl)cc3)cs2)cc1Br. The normalized spacial score (nSPS) is 11.0. The Morgan fingerprint density at radius 1 is 1.25 bits per heavy atom. The molecule has 0 aliphatic heterocycles. The van der Waals surface area contributed by atoms with Gasteiger partial charge in [-0.25, -0.2) is 4.98 Å². The van der Waals surface area contributed by atoms with Crippen LogP contribution in [0.3, 0.4) is 0 Å². The van der Waals surface area contributed by atoms with Crippen LogP contribution < -0.4 is 10.2 Å². The monoisotopic (exact) mass is 421 g/mol. The van der Waals surface area contributed by atoms with Crippen molar-refractivity contribution in [3.8, 4) is 17.0 Å². The Morgan fingerprint density at radius 3 is 2.75 bits per heavy atom. The molecule has 0 saturated carbocycles. The summed E-state index contributed by atoms with van der Waals surface area (Å²) in [4.78, 5) is 4.51. The van der Waals surface area contributed by atoms with Crippen LogP contribution in [0.25, 0.3) is 11.3 Å². The zero-order valence-corrected chi connectivity index (χ0v) is 15.8. The number of hydrazone groups is 1. The summed E-state index contributed by atoms with van der Waals surface area (Å²) in [6.07, 6.45) is 1.73. The second kappa shape index (κ2) is 7.79. The van der Waals surface area contributed by atoms with Crippen LogP contribution in [-0.2, 0) is 0 Å². The van der Waals surface area contributed by atoms with Crippen molar-refractivity contribution in [2.24, 2.45) is 5.10 Å². The van der Waals surface area contributed by atoms with Crippen molar-refractivity contribution in [1.82, 2.24) is 4.98 Å². The highest BCUT2D eigenvalue weighted by Gasteiger charge is 2.04. The lowest BCUT2D eigenvalue weighted by Crippen LogP contribution is -1.91. The molecule has 0 saturated heterocycles. The first kappa shape index (κ1) is 17.0. The van der Waals surface area contributed by atoms with Crippen molar-refractivity contribution in [3.63, 3.8) is 0 Å². The molecule has 0 amide bonds. The van der Waals surface area contributed by atoms with E-state index in [-0.39, 0.29) is 0 Å². The van der Waals surface area contributed by atoms with Gasteiger partial charge in [-0.2, -0.15) is 5.10 Å². The van der Waals surface area contributed by atoms with Gasteiger partial charge in [-0.15, -0.1) is 11.3 Å². The molecule has 0 unspecified atom stereocenters. The van der Waals surface area contributed by atoms with Gasteiger partial charge in [-0.3, -0.25) is 5.43 Å². The number of hydrogen-bond donors (Lipinski definition) is 1. The van der Waals surface area contributed by atoms with E-state index in [1.807, 2.05) is 47.8 Å². The summed E-state index contributed by atoms with van der Waals surface area (Å²) < 4.78 is 6.08. The molecule has 0 bridgehead atoms. The zero-order valence-electron chi connectivity index (χ0n) is 12.7. The Labute approximate surface area is 157 Å². The van der Waals surface area contributed by atoms with Gasteiger partial charge < -0.3 is 4.74 Å². The molecule has 24 heavy (non-hydrogen) atoms. The predicted molar refractivity (Wildman–Crippen MR) is 104 cm³/mol. The number of thiazole rings is 1. The van der Waals surface area contributed by atoms with Gasteiger partial charge in [0.1, 0.15) is 5.75 Å². The summed E-state index contributed by atoms with van der Waals surface area (Å²) in [5.41, 5.74) is 5.81. The van der Waals surface area contributed by atoms with E-state index in [0.29, 0.717) is 5.02 Å². The minimum atomic E-state index is 0.711. The van der Waals surface area contributed by atoms with Crippen molar-refractivity contribution in [3.05, 3.63) is 62.9 Å². The third kappa shape index (κ3) is 4.14. The van der Waals surface area contributed by atoms with E-state index in [2.05, 4.69) is 31.4 Å². The predicted octanol–water partition coefficient (Wildman–Crippen LogP) is 5.68. The van der Waals surface area contributed by atoms with Crippen LogP contribution in [0, 0.1) is 0 Å². The molecule has 7 heteroatoms. The molecule has 0 fully saturated rings. The van der Waals surface area contributed by atoms with E-state index < -0.39 is 0 Å². The molecule has 0 aliphatic carbocycles. The van der Waals surface area contributed by atoms with Crippen LogP contribution >= 0.6 is 38.9 Å². The number of anilines is 1. The highest BCUT2D eigenvalue weighted by molar-refractivity contribution is 9.10. The molecular weight excluding hydrogens is 410 g/mol. The number of benzene rings is 2. The van der Waals surface area contributed by atoms with Crippen LogP contribution in [0.4, 0.5) is 5.13 Å². The molecule has 0 spiro atoms. The smallest absolute Gasteiger partial charge is 0.203 e. The molecule has 0 radical (unpaired) electrons. The van der Waals surface area contributed by atoms with Crippen molar-refractivity contribution < 1.29 is 4.74 Å². The van der Waals surface area contributed by atoms with E-state index in [9.17, 15) is 0 Å². The van der Waals surface area contributed by atoms with Gasteiger partial charge in [0.2, 0.25) is 5.13 Å². The Balaban J connectivity index is 1.67. The number of halogens is 2. The lowest BCUT2D eigenvalue weighted by Gasteiger charge is -2.03. The number of rotatable bonds is 5. The number of nitrogens with zero attached hydrogens (tertiary/aromatic N) is 2. The van der Waals surface area contributed by atoms with Gasteiger partial charge in [0.05, 0.1) is 23.5 Å². The molecule has 1 aromatic heterocycles. The van der Waals surface area contributed by atoms with Gasteiger partial charge in [0, 0.05) is 16.0 Å². The first-order valence-corrected chi connectivity index (χ1v) is 9.05. The fraction of sp³-hybridized carbons (Fsp3) is 0.0588. The topological polar surface area (TPSA) is 46.5 Å². The molecule has 3 aromatic rings. The van der Waals surface area contributed by atoms with Crippen LogP contribution in [0.1, 0.15) is 5.56 Å². The third-order valence-corrected chi connectivity index (χ3v) is 4.81. The van der Waals surface area contributed by atoms with Gasteiger partial charge >= 0.3 is 0 Å². The molecule has 4 nitrogen and oxygen atoms in total. The van der Waals surface area contributed by atoms with E-state index in [1.165, 1.54) is 11.3 Å². The van der Waals surface area contributed by atoms with Crippen molar-refractivity contribution in [1.29, 1.82) is 0 Å². The maximum Gasteiger partial charge on any atom is 0.203 e. The quantitative estimate of drug-likeness (QED) is 0.425. The second-order valence-electron chi connectivity index (χ2n) is 4.81. The fourth-order valence-corrected chi connectivity index (χ4v) is 3.36. The lowest BCUT2D eigenvalue weighted by atomic mass is 10.2. The van der Waals surface area contributed by atoms with Crippen LogP contribution in [0.5, 0.6) is 5.75 Å². The molecule has 122 valence electrons. The van der Waals surface area contributed by atoms with Gasteiger partial charge in [0.25, 0.3) is 0 Å².